The number of nitrogens with one attached hydrogen (secondary N) is 1. The van der Waals surface area contributed by atoms with E-state index >= 15 is 0 Å². The topological polar surface area (TPSA) is 49.3 Å². The van der Waals surface area contributed by atoms with Crippen LogP contribution >= 0.6 is 11.6 Å². The normalized spacial score (nSPS) is 23.0. The van der Waals surface area contributed by atoms with Gasteiger partial charge in [0.1, 0.15) is 17.1 Å². The molecule has 1 aromatic rings. The number of hydrogen-bond acceptors (Lipinski definition) is 2. The van der Waals surface area contributed by atoms with Crippen molar-refractivity contribution in [1.82, 2.24) is 5.32 Å². The van der Waals surface area contributed by atoms with Crippen LogP contribution in [-0.2, 0) is 0 Å². The predicted octanol–water partition coefficient (Wildman–Crippen LogP) is 2.67. The van der Waals surface area contributed by atoms with Gasteiger partial charge in [-0.2, -0.15) is 0 Å². The lowest BCUT2D eigenvalue weighted by Crippen LogP contribution is -2.29. The zero-order chi connectivity index (χ0) is 13.1. The van der Waals surface area contributed by atoms with Crippen molar-refractivity contribution in [3.63, 3.8) is 0 Å². The van der Waals surface area contributed by atoms with Crippen molar-refractivity contribution in [1.29, 1.82) is 0 Å². The maximum atomic E-state index is 13.4. The Morgan fingerprint density at radius 1 is 1.50 bits per heavy atom. The highest BCUT2D eigenvalue weighted by molar-refractivity contribution is 6.20. The summed E-state index contributed by atoms with van der Waals surface area (Å²) in [6, 6.07) is 3.80. The average molecular weight is 272 g/mol. The first-order chi connectivity index (χ1) is 8.58. The van der Waals surface area contributed by atoms with Crippen LogP contribution in [0.15, 0.2) is 18.2 Å². The van der Waals surface area contributed by atoms with Crippen molar-refractivity contribution in [2.45, 2.75) is 24.6 Å². The van der Waals surface area contributed by atoms with E-state index in [1.54, 1.807) is 0 Å². The van der Waals surface area contributed by atoms with Gasteiger partial charge in [-0.05, 0) is 37.3 Å². The first-order valence-electron chi connectivity index (χ1n) is 5.97. The first kappa shape index (κ1) is 13.1. The largest absolute Gasteiger partial charge is 0.507 e. The number of phenolic OH excluding ortho intramolecular Hbond substituents is 1. The van der Waals surface area contributed by atoms with Crippen LogP contribution < -0.4 is 5.32 Å². The fraction of sp³-hybridized carbons (Fsp3) is 0.462. The molecule has 2 rings (SSSR count). The second kappa shape index (κ2) is 5.57. The van der Waals surface area contributed by atoms with Gasteiger partial charge in [0.25, 0.3) is 5.91 Å². The minimum absolute atomic E-state index is 0.175. The maximum absolute atomic E-state index is 13.4. The number of halogens is 2. The van der Waals surface area contributed by atoms with Gasteiger partial charge in [0, 0.05) is 11.9 Å². The van der Waals surface area contributed by atoms with Crippen LogP contribution in [0.1, 0.15) is 29.6 Å². The monoisotopic (exact) mass is 271 g/mol. The van der Waals surface area contributed by atoms with Crippen LogP contribution in [0, 0.1) is 11.7 Å². The summed E-state index contributed by atoms with van der Waals surface area (Å²) in [5.41, 5.74) is -0.294. The summed E-state index contributed by atoms with van der Waals surface area (Å²) in [5.74, 6) is -1.29. The third-order valence-electron chi connectivity index (χ3n) is 3.25. The zero-order valence-electron chi connectivity index (χ0n) is 9.83. The fourth-order valence-corrected chi connectivity index (χ4v) is 2.64. The summed E-state index contributed by atoms with van der Waals surface area (Å²) >= 11 is 5.98. The van der Waals surface area contributed by atoms with Gasteiger partial charge in [-0.25, -0.2) is 4.39 Å². The van der Waals surface area contributed by atoms with Gasteiger partial charge >= 0.3 is 0 Å². The minimum Gasteiger partial charge on any atom is -0.507 e. The summed E-state index contributed by atoms with van der Waals surface area (Å²) in [6.45, 7) is 0.468. The maximum Gasteiger partial charge on any atom is 0.258 e. The van der Waals surface area contributed by atoms with Gasteiger partial charge in [0.2, 0.25) is 0 Å². The van der Waals surface area contributed by atoms with Crippen LogP contribution in [0.2, 0.25) is 0 Å². The summed E-state index contributed by atoms with van der Waals surface area (Å²) in [5, 5.41) is 12.3. The fourth-order valence-electron chi connectivity index (χ4n) is 2.26. The molecule has 0 saturated heterocycles. The summed E-state index contributed by atoms with van der Waals surface area (Å²) in [4.78, 5) is 11.8. The molecule has 1 fully saturated rings. The Hall–Kier alpha value is -1.29. The molecule has 1 saturated carbocycles. The van der Waals surface area contributed by atoms with Crippen molar-refractivity contribution in [2.75, 3.05) is 6.54 Å². The SMILES string of the molecule is O=C(NCC1CCC(Cl)C1)c1c(O)cccc1F. The van der Waals surface area contributed by atoms with Gasteiger partial charge in [0.05, 0.1) is 0 Å². The summed E-state index contributed by atoms with van der Waals surface area (Å²) < 4.78 is 13.4. The lowest BCUT2D eigenvalue weighted by atomic mass is 10.1. The second-order valence-electron chi connectivity index (χ2n) is 4.62. The van der Waals surface area contributed by atoms with Crippen LogP contribution in [-0.4, -0.2) is 22.9 Å². The molecule has 1 aromatic carbocycles. The van der Waals surface area contributed by atoms with Crippen LogP contribution in [0.5, 0.6) is 5.75 Å². The Kier molecular flexibility index (Phi) is 4.07. The van der Waals surface area contributed by atoms with Gasteiger partial charge in [-0.3, -0.25) is 4.79 Å². The number of rotatable bonds is 3. The lowest BCUT2D eigenvalue weighted by Gasteiger charge is -2.11. The Morgan fingerprint density at radius 2 is 2.28 bits per heavy atom. The average Bonchev–Trinajstić information content (AvgIpc) is 2.72. The van der Waals surface area contributed by atoms with Crippen LogP contribution in [0.25, 0.3) is 0 Å². The molecule has 2 atom stereocenters. The Labute approximate surface area is 110 Å². The van der Waals surface area contributed by atoms with E-state index in [1.165, 1.54) is 12.1 Å². The minimum atomic E-state index is -0.714. The summed E-state index contributed by atoms with van der Waals surface area (Å²) in [7, 11) is 0. The van der Waals surface area contributed by atoms with Crippen molar-refractivity contribution >= 4 is 17.5 Å². The molecule has 1 amide bonds. The van der Waals surface area contributed by atoms with Crippen molar-refractivity contribution in [2.24, 2.45) is 5.92 Å². The predicted molar refractivity (Wildman–Crippen MR) is 67.4 cm³/mol. The van der Waals surface area contributed by atoms with E-state index in [4.69, 9.17) is 11.6 Å². The molecule has 2 unspecified atom stereocenters. The highest BCUT2D eigenvalue weighted by Crippen LogP contribution is 2.29. The van der Waals surface area contributed by atoms with Gasteiger partial charge in [-0.15, -0.1) is 11.6 Å². The second-order valence-corrected chi connectivity index (χ2v) is 5.24. The smallest absolute Gasteiger partial charge is 0.258 e. The van der Waals surface area contributed by atoms with Crippen molar-refractivity contribution in [3.8, 4) is 5.75 Å². The number of hydrogen-bond donors (Lipinski definition) is 2. The van der Waals surface area contributed by atoms with E-state index in [9.17, 15) is 14.3 Å². The first-order valence-corrected chi connectivity index (χ1v) is 6.41. The summed E-state index contributed by atoms with van der Waals surface area (Å²) in [6.07, 6.45) is 2.79. The van der Waals surface area contributed by atoms with Gasteiger partial charge < -0.3 is 10.4 Å². The molecule has 98 valence electrons. The molecule has 3 nitrogen and oxygen atoms in total. The van der Waals surface area contributed by atoms with Crippen LogP contribution in [0.4, 0.5) is 4.39 Å². The van der Waals surface area contributed by atoms with E-state index < -0.39 is 11.7 Å². The molecule has 0 heterocycles. The molecule has 1 aliphatic carbocycles. The zero-order valence-corrected chi connectivity index (χ0v) is 10.6. The van der Waals surface area contributed by atoms with Gasteiger partial charge in [0.15, 0.2) is 0 Å². The van der Waals surface area contributed by atoms with E-state index in [-0.39, 0.29) is 16.7 Å². The standard InChI is InChI=1S/C13H15ClFNO2/c14-9-5-4-8(6-9)7-16-13(18)12-10(15)2-1-3-11(12)17/h1-3,8-9,17H,4-7H2,(H,16,18). The molecule has 0 spiro atoms. The molecular weight excluding hydrogens is 257 g/mol. The molecule has 1 aliphatic rings. The molecule has 5 heteroatoms. The number of amides is 1. The van der Waals surface area contributed by atoms with Crippen molar-refractivity contribution < 1.29 is 14.3 Å². The quantitative estimate of drug-likeness (QED) is 0.831. The van der Waals surface area contributed by atoms with Crippen LogP contribution in [0.3, 0.4) is 0 Å². The number of aromatic hydroxyl groups is 1. The highest BCUT2D eigenvalue weighted by Gasteiger charge is 2.24. The van der Waals surface area contributed by atoms with Gasteiger partial charge in [-0.1, -0.05) is 6.07 Å². The number of phenols is 1. The van der Waals surface area contributed by atoms with Crippen molar-refractivity contribution in [3.05, 3.63) is 29.6 Å². The Morgan fingerprint density at radius 3 is 2.89 bits per heavy atom. The van der Waals surface area contributed by atoms with E-state index in [2.05, 4.69) is 5.32 Å². The highest BCUT2D eigenvalue weighted by atomic mass is 35.5. The molecular formula is C13H15ClFNO2. The number of benzene rings is 1. The number of carbonyl (C=O) groups is 1. The third-order valence-corrected chi connectivity index (χ3v) is 3.64. The number of alkyl halides is 1. The molecule has 2 N–H and O–H groups in total. The van der Waals surface area contributed by atoms with E-state index in [0.29, 0.717) is 12.5 Å². The lowest BCUT2D eigenvalue weighted by molar-refractivity contribution is 0.0940. The molecule has 0 aliphatic heterocycles. The molecule has 18 heavy (non-hydrogen) atoms. The Balaban J connectivity index is 1.96. The molecule has 0 bridgehead atoms. The Bertz CT molecular complexity index is 432. The molecule has 0 aromatic heterocycles. The van der Waals surface area contributed by atoms with E-state index in [0.717, 1.165) is 25.3 Å². The molecule has 0 radical (unpaired) electrons. The third kappa shape index (κ3) is 2.93. The van der Waals surface area contributed by atoms with E-state index in [1.807, 2.05) is 0 Å². The number of carbonyl (C=O) groups excluding carboxylic acids is 1.